The zero-order valence-corrected chi connectivity index (χ0v) is 13.5. The maximum atomic E-state index is 4.75. The highest BCUT2D eigenvalue weighted by atomic mass is 15.1. The molecule has 0 aromatic carbocycles. The third kappa shape index (κ3) is 3.40. The third-order valence-electron chi connectivity index (χ3n) is 3.48. The molecule has 114 valence electrons. The van der Waals surface area contributed by atoms with Gasteiger partial charge >= 0.3 is 0 Å². The minimum Gasteiger partial charge on any atom is -0.370 e. The van der Waals surface area contributed by atoms with Crippen molar-refractivity contribution in [2.24, 2.45) is 0 Å². The molecule has 2 aromatic heterocycles. The molecular weight excluding hydrogens is 262 g/mol. The van der Waals surface area contributed by atoms with Gasteiger partial charge in [-0.15, -0.1) is 0 Å². The van der Waals surface area contributed by atoms with Crippen LogP contribution < -0.4 is 5.32 Å². The summed E-state index contributed by atoms with van der Waals surface area (Å²) in [5.41, 5.74) is 2.02. The van der Waals surface area contributed by atoms with Crippen LogP contribution >= 0.6 is 0 Å². The molecule has 1 N–H and O–H groups in total. The average Bonchev–Trinajstić information content (AvgIpc) is 2.96. The lowest BCUT2D eigenvalue weighted by Gasteiger charge is -2.14. The molecule has 2 aromatic rings. The maximum Gasteiger partial charge on any atom is 0.159 e. The average molecular weight is 287 g/mol. The number of hydrogen-bond donors (Lipinski definition) is 1. The molecule has 2 heterocycles. The molecular formula is C16H25N5. The van der Waals surface area contributed by atoms with Gasteiger partial charge in [0, 0.05) is 37.5 Å². The van der Waals surface area contributed by atoms with Crippen molar-refractivity contribution in [3.05, 3.63) is 23.8 Å². The smallest absolute Gasteiger partial charge is 0.159 e. The monoisotopic (exact) mass is 287 g/mol. The summed E-state index contributed by atoms with van der Waals surface area (Å²) < 4.78 is 2.12. The fourth-order valence-corrected chi connectivity index (χ4v) is 2.31. The summed E-state index contributed by atoms with van der Waals surface area (Å²) in [7, 11) is 0. The molecule has 0 saturated carbocycles. The van der Waals surface area contributed by atoms with E-state index in [4.69, 9.17) is 4.98 Å². The van der Waals surface area contributed by atoms with Crippen molar-refractivity contribution in [2.75, 3.05) is 11.9 Å². The number of aryl methyl sites for hydroxylation is 2. The third-order valence-corrected chi connectivity index (χ3v) is 3.48. The quantitative estimate of drug-likeness (QED) is 0.847. The first-order chi connectivity index (χ1) is 10.2. The lowest BCUT2D eigenvalue weighted by molar-refractivity contribution is 0.761. The summed E-state index contributed by atoms with van der Waals surface area (Å²) >= 11 is 0. The summed E-state index contributed by atoms with van der Waals surface area (Å²) in [6.07, 6.45) is 6.83. The molecule has 0 aliphatic heterocycles. The fourth-order valence-electron chi connectivity index (χ4n) is 2.31. The van der Waals surface area contributed by atoms with Gasteiger partial charge in [-0.1, -0.05) is 13.8 Å². The van der Waals surface area contributed by atoms with Crippen molar-refractivity contribution >= 4 is 5.82 Å². The van der Waals surface area contributed by atoms with E-state index >= 15 is 0 Å². The molecule has 0 saturated heterocycles. The topological polar surface area (TPSA) is 55.6 Å². The highest BCUT2D eigenvalue weighted by molar-refractivity contribution is 5.63. The van der Waals surface area contributed by atoms with Crippen LogP contribution in [0.2, 0.25) is 0 Å². The summed E-state index contributed by atoms with van der Waals surface area (Å²) in [5.74, 6) is 2.76. The fraction of sp³-hybridized carbons (Fsp3) is 0.562. The van der Waals surface area contributed by atoms with Gasteiger partial charge in [0.15, 0.2) is 5.82 Å². The van der Waals surface area contributed by atoms with Crippen LogP contribution in [-0.2, 0) is 13.0 Å². The van der Waals surface area contributed by atoms with Gasteiger partial charge in [-0.3, -0.25) is 0 Å². The lowest BCUT2D eigenvalue weighted by atomic mass is 10.2. The van der Waals surface area contributed by atoms with Gasteiger partial charge in [-0.25, -0.2) is 15.0 Å². The maximum absolute atomic E-state index is 4.75. The van der Waals surface area contributed by atoms with E-state index in [2.05, 4.69) is 47.5 Å². The second-order valence-electron chi connectivity index (χ2n) is 5.18. The Balaban J connectivity index is 2.50. The van der Waals surface area contributed by atoms with E-state index in [0.717, 1.165) is 61.1 Å². The first kappa shape index (κ1) is 15.5. The molecule has 0 radical (unpaired) electrons. The van der Waals surface area contributed by atoms with Crippen LogP contribution in [0.25, 0.3) is 11.5 Å². The SMILES string of the molecule is CCCNc1nc(CCC)nc(-c2nccn2CC)c1C. The van der Waals surface area contributed by atoms with E-state index in [1.165, 1.54) is 0 Å². The predicted octanol–water partition coefficient (Wildman–Crippen LogP) is 3.44. The van der Waals surface area contributed by atoms with Gasteiger partial charge in [0.25, 0.3) is 0 Å². The van der Waals surface area contributed by atoms with Crippen LogP contribution in [0.5, 0.6) is 0 Å². The zero-order valence-electron chi connectivity index (χ0n) is 13.5. The Morgan fingerprint density at radius 2 is 1.95 bits per heavy atom. The molecule has 0 aliphatic carbocycles. The molecule has 2 rings (SSSR count). The van der Waals surface area contributed by atoms with Gasteiger partial charge in [0.1, 0.15) is 17.3 Å². The van der Waals surface area contributed by atoms with Crippen LogP contribution in [0.1, 0.15) is 45.0 Å². The van der Waals surface area contributed by atoms with Crippen molar-refractivity contribution in [3.8, 4) is 11.5 Å². The van der Waals surface area contributed by atoms with E-state index in [0.29, 0.717) is 0 Å². The molecule has 5 nitrogen and oxygen atoms in total. The lowest BCUT2D eigenvalue weighted by Crippen LogP contribution is -2.10. The molecule has 0 bridgehead atoms. The molecule has 0 atom stereocenters. The highest BCUT2D eigenvalue weighted by Gasteiger charge is 2.15. The van der Waals surface area contributed by atoms with Gasteiger partial charge in [0.05, 0.1) is 0 Å². The summed E-state index contributed by atoms with van der Waals surface area (Å²) in [6.45, 7) is 10.3. The van der Waals surface area contributed by atoms with Crippen molar-refractivity contribution in [3.63, 3.8) is 0 Å². The molecule has 0 fully saturated rings. The van der Waals surface area contributed by atoms with Crippen LogP contribution in [0.4, 0.5) is 5.82 Å². The van der Waals surface area contributed by atoms with Crippen LogP contribution in [0.3, 0.4) is 0 Å². The number of aromatic nitrogens is 4. The summed E-state index contributed by atoms with van der Waals surface area (Å²) in [5, 5.41) is 3.41. The number of anilines is 1. The second kappa shape index (κ2) is 7.20. The first-order valence-electron chi connectivity index (χ1n) is 7.84. The Hall–Kier alpha value is -1.91. The minimum absolute atomic E-state index is 0.889. The van der Waals surface area contributed by atoms with Gasteiger partial charge in [-0.05, 0) is 26.7 Å². The van der Waals surface area contributed by atoms with Crippen molar-refractivity contribution < 1.29 is 0 Å². The van der Waals surface area contributed by atoms with Crippen LogP contribution in [0, 0.1) is 6.92 Å². The van der Waals surface area contributed by atoms with E-state index in [-0.39, 0.29) is 0 Å². The standard InChI is InChI=1S/C16H25N5/c1-5-8-13-19-14(16-18-10-11-21(16)7-3)12(4)15(20-13)17-9-6-2/h10-11H,5-9H2,1-4H3,(H,17,19,20). The van der Waals surface area contributed by atoms with Crippen LogP contribution in [0.15, 0.2) is 12.4 Å². The predicted molar refractivity (Wildman–Crippen MR) is 86.4 cm³/mol. The minimum atomic E-state index is 0.889. The van der Waals surface area contributed by atoms with E-state index in [9.17, 15) is 0 Å². The molecule has 0 aliphatic rings. The Labute approximate surface area is 126 Å². The van der Waals surface area contributed by atoms with Crippen molar-refractivity contribution in [1.82, 2.24) is 19.5 Å². The molecule has 0 spiro atoms. The number of rotatable bonds is 7. The number of hydrogen-bond acceptors (Lipinski definition) is 4. The Kier molecular flexibility index (Phi) is 5.31. The Morgan fingerprint density at radius 1 is 1.14 bits per heavy atom. The van der Waals surface area contributed by atoms with Crippen molar-refractivity contribution in [2.45, 2.75) is 53.5 Å². The van der Waals surface area contributed by atoms with E-state index in [1.807, 2.05) is 12.4 Å². The largest absolute Gasteiger partial charge is 0.370 e. The Morgan fingerprint density at radius 3 is 2.62 bits per heavy atom. The van der Waals surface area contributed by atoms with E-state index in [1.54, 1.807) is 0 Å². The molecule has 0 amide bonds. The number of nitrogens with zero attached hydrogens (tertiary/aromatic N) is 4. The highest BCUT2D eigenvalue weighted by Crippen LogP contribution is 2.25. The molecule has 5 heteroatoms. The van der Waals surface area contributed by atoms with Crippen molar-refractivity contribution in [1.29, 1.82) is 0 Å². The normalized spacial score (nSPS) is 10.9. The summed E-state index contributed by atoms with van der Waals surface area (Å²) in [6, 6.07) is 0. The van der Waals surface area contributed by atoms with Gasteiger partial charge in [0.2, 0.25) is 0 Å². The number of nitrogens with one attached hydrogen (secondary N) is 1. The van der Waals surface area contributed by atoms with E-state index < -0.39 is 0 Å². The second-order valence-corrected chi connectivity index (χ2v) is 5.18. The molecule has 0 unspecified atom stereocenters. The summed E-state index contributed by atoms with van der Waals surface area (Å²) in [4.78, 5) is 13.9. The number of imidazole rings is 1. The van der Waals surface area contributed by atoms with Crippen LogP contribution in [-0.4, -0.2) is 26.1 Å². The van der Waals surface area contributed by atoms with Gasteiger partial charge < -0.3 is 9.88 Å². The first-order valence-corrected chi connectivity index (χ1v) is 7.84. The van der Waals surface area contributed by atoms with Gasteiger partial charge in [-0.2, -0.15) is 0 Å². The zero-order chi connectivity index (χ0) is 15.2. The Bertz CT molecular complexity index is 588. The molecule has 21 heavy (non-hydrogen) atoms.